The van der Waals surface area contributed by atoms with Crippen molar-refractivity contribution in [3.05, 3.63) is 0 Å². The van der Waals surface area contributed by atoms with Gasteiger partial charge < -0.3 is 5.32 Å². The molecule has 14 heavy (non-hydrogen) atoms. The van der Waals surface area contributed by atoms with E-state index in [2.05, 4.69) is 19.2 Å². The predicted octanol–water partition coefficient (Wildman–Crippen LogP) is 3.34. The van der Waals surface area contributed by atoms with Crippen molar-refractivity contribution in [2.24, 2.45) is 11.8 Å². The normalized spacial score (nSPS) is 35.4. The van der Waals surface area contributed by atoms with Crippen LogP contribution < -0.4 is 5.32 Å². The van der Waals surface area contributed by atoms with Crippen molar-refractivity contribution in [1.29, 1.82) is 0 Å². The molecule has 1 aliphatic heterocycles. The molecule has 2 rings (SSSR count). The fourth-order valence-corrected chi connectivity index (χ4v) is 3.36. The summed E-state index contributed by atoms with van der Waals surface area (Å²) in [6, 6.07) is 0. The Hall–Kier alpha value is -0.0400. The zero-order valence-electron chi connectivity index (χ0n) is 9.81. The summed E-state index contributed by atoms with van der Waals surface area (Å²) in [4.78, 5) is 0. The van der Waals surface area contributed by atoms with Gasteiger partial charge >= 0.3 is 0 Å². The van der Waals surface area contributed by atoms with Crippen molar-refractivity contribution in [2.45, 2.75) is 64.3 Å². The van der Waals surface area contributed by atoms with Gasteiger partial charge in [0.1, 0.15) is 0 Å². The second-order valence-corrected chi connectivity index (χ2v) is 5.56. The van der Waals surface area contributed by atoms with Gasteiger partial charge in [-0.3, -0.25) is 0 Å². The van der Waals surface area contributed by atoms with Crippen molar-refractivity contribution in [1.82, 2.24) is 5.32 Å². The summed E-state index contributed by atoms with van der Waals surface area (Å²) in [7, 11) is 0. The number of nitrogens with one attached hydrogen (secondary N) is 1. The first-order chi connectivity index (χ1) is 6.76. The van der Waals surface area contributed by atoms with Crippen LogP contribution in [0.25, 0.3) is 0 Å². The van der Waals surface area contributed by atoms with E-state index in [9.17, 15) is 0 Å². The Morgan fingerprint density at radius 1 is 1.07 bits per heavy atom. The Kier molecular flexibility index (Phi) is 3.16. The van der Waals surface area contributed by atoms with Gasteiger partial charge in [-0.1, -0.05) is 33.1 Å². The molecule has 1 atom stereocenters. The molecule has 0 amide bonds. The molecular weight excluding hydrogens is 170 g/mol. The average Bonchev–Trinajstić information content (AvgIpc) is 2.27. The maximum Gasteiger partial charge on any atom is 0.0232 e. The molecule has 1 aliphatic carbocycles. The number of hydrogen-bond donors (Lipinski definition) is 1. The first kappa shape index (κ1) is 10.5. The van der Waals surface area contributed by atoms with Crippen molar-refractivity contribution in [3.8, 4) is 0 Å². The SMILES string of the molecule is CC(C)C1(C2CCC2)CCCCCN1. The lowest BCUT2D eigenvalue weighted by atomic mass is 9.64. The molecule has 0 spiro atoms. The minimum absolute atomic E-state index is 0.509. The number of rotatable bonds is 2. The van der Waals surface area contributed by atoms with E-state index in [1.165, 1.54) is 51.5 Å². The molecule has 1 nitrogen and oxygen atoms in total. The summed E-state index contributed by atoms with van der Waals surface area (Å²) >= 11 is 0. The Morgan fingerprint density at radius 3 is 2.43 bits per heavy atom. The fourth-order valence-electron chi connectivity index (χ4n) is 3.36. The van der Waals surface area contributed by atoms with Gasteiger partial charge in [-0.15, -0.1) is 0 Å². The molecule has 0 aromatic heterocycles. The minimum Gasteiger partial charge on any atom is -0.311 e. The van der Waals surface area contributed by atoms with Crippen LogP contribution >= 0.6 is 0 Å². The highest BCUT2D eigenvalue weighted by atomic mass is 15.0. The predicted molar refractivity (Wildman–Crippen MR) is 61.4 cm³/mol. The minimum atomic E-state index is 0.509. The fraction of sp³-hybridized carbons (Fsp3) is 1.00. The Labute approximate surface area is 88.7 Å². The first-order valence-corrected chi connectivity index (χ1v) is 6.51. The maximum absolute atomic E-state index is 3.90. The van der Waals surface area contributed by atoms with Crippen LogP contribution in [0.1, 0.15) is 58.8 Å². The van der Waals surface area contributed by atoms with Gasteiger partial charge in [-0.25, -0.2) is 0 Å². The van der Waals surface area contributed by atoms with Gasteiger partial charge in [0.15, 0.2) is 0 Å². The van der Waals surface area contributed by atoms with Gasteiger partial charge in [0.2, 0.25) is 0 Å². The molecule has 82 valence electrons. The van der Waals surface area contributed by atoms with E-state index >= 15 is 0 Å². The van der Waals surface area contributed by atoms with Crippen molar-refractivity contribution >= 4 is 0 Å². The van der Waals surface area contributed by atoms with E-state index in [0.29, 0.717) is 5.54 Å². The maximum atomic E-state index is 3.90. The van der Waals surface area contributed by atoms with Crippen molar-refractivity contribution in [2.75, 3.05) is 6.54 Å². The molecule has 1 saturated carbocycles. The lowest BCUT2D eigenvalue weighted by molar-refractivity contribution is 0.0761. The molecule has 1 unspecified atom stereocenters. The van der Waals surface area contributed by atoms with E-state index in [4.69, 9.17) is 0 Å². The van der Waals surface area contributed by atoms with Crippen LogP contribution in [0.5, 0.6) is 0 Å². The smallest absolute Gasteiger partial charge is 0.0232 e. The molecule has 1 heteroatoms. The molecular formula is C13H25N. The average molecular weight is 195 g/mol. The van der Waals surface area contributed by atoms with Crippen LogP contribution in [0.15, 0.2) is 0 Å². The van der Waals surface area contributed by atoms with E-state index in [1.54, 1.807) is 0 Å². The lowest BCUT2D eigenvalue weighted by Gasteiger charge is -2.49. The monoisotopic (exact) mass is 195 g/mol. The Balaban J connectivity index is 2.09. The van der Waals surface area contributed by atoms with E-state index in [-0.39, 0.29) is 0 Å². The summed E-state index contributed by atoms with van der Waals surface area (Å²) in [6.45, 7) is 6.09. The van der Waals surface area contributed by atoms with Crippen molar-refractivity contribution in [3.63, 3.8) is 0 Å². The summed E-state index contributed by atoms with van der Waals surface area (Å²) in [5, 5.41) is 3.90. The molecule has 1 heterocycles. The molecule has 0 aromatic carbocycles. The third-order valence-corrected chi connectivity index (χ3v) is 4.59. The highest BCUT2D eigenvalue weighted by molar-refractivity contribution is 5.00. The van der Waals surface area contributed by atoms with Crippen LogP contribution in [0.2, 0.25) is 0 Å². The van der Waals surface area contributed by atoms with Crippen LogP contribution in [0.4, 0.5) is 0 Å². The Morgan fingerprint density at radius 2 is 1.86 bits per heavy atom. The highest BCUT2D eigenvalue weighted by Gasteiger charge is 2.43. The second kappa shape index (κ2) is 4.22. The number of hydrogen-bond acceptors (Lipinski definition) is 1. The molecule has 1 N–H and O–H groups in total. The second-order valence-electron chi connectivity index (χ2n) is 5.56. The zero-order valence-corrected chi connectivity index (χ0v) is 9.81. The summed E-state index contributed by atoms with van der Waals surface area (Å²) in [5.41, 5.74) is 0.509. The standard InChI is InChI=1S/C13H25N/c1-11(2)13(12-7-6-8-12)9-4-3-5-10-14-13/h11-12,14H,3-10H2,1-2H3. The van der Waals surface area contributed by atoms with E-state index in [1.807, 2.05) is 0 Å². The highest BCUT2D eigenvalue weighted by Crippen LogP contribution is 2.44. The summed E-state index contributed by atoms with van der Waals surface area (Å²) in [6.07, 6.45) is 10.1. The largest absolute Gasteiger partial charge is 0.311 e. The molecule has 0 aromatic rings. The third kappa shape index (κ3) is 1.71. The molecule has 0 bridgehead atoms. The van der Waals surface area contributed by atoms with Gasteiger partial charge in [-0.05, 0) is 44.1 Å². The van der Waals surface area contributed by atoms with Crippen LogP contribution in [-0.2, 0) is 0 Å². The topological polar surface area (TPSA) is 12.0 Å². The quantitative estimate of drug-likeness (QED) is 0.712. The summed E-state index contributed by atoms with van der Waals surface area (Å²) in [5.74, 6) is 1.80. The van der Waals surface area contributed by atoms with Gasteiger partial charge in [0.25, 0.3) is 0 Å². The molecule has 2 fully saturated rings. The Bertz CT molecular complexity index is 174. The van der Waals surface area contributed by atoms with Gasteiger partial charge in [0.05, 0.1) is 0 Å². The van der Waals surface area contributed by atoms with Gasteiger partial charge in [0, 0.05) is 5.54 Å². The van der Waals surface area contributed by atoms with Gasteiger partial charge in [-0.2, -0.15) is 0 Å². The zero-order chi connectivity index (χ0) is 10.0. The van der Waals surface area contributed by atoms with Crippen LogP contribution in [0, 0.1) is 11.8 Å². The summed E-state index contributed by atoms with van der Waals surface area (Å²) < 4.78 is 0. The third-order valence-electron chi connectivity index (χ3n) is 4.59. The molecule has 0 radical (unpaired) electrons. The molecule has 1 saturated heterocycles. The van der Waals surface area contributed by atoms with Crippen LogP contribution in [0.3, 0.4) is 0 Å². The van der Waals surface area contributed by atoms with E-state index < -0.39 is 0 Å². The molecule has 2 aliphatic rings. The lowest BCUT2D eigenvalue weighted by Crippen LogP contribution is -2.56. The van der Waals surface area contributed by atoms with Crippen molar-refractivity contribution < 1.29 is 0 Å². The first-order valence-electron chi connectivity index (χ1n) is 6.51. The van der Waals surface area contributed by atoms with Crippen LogP contribution in [-0.4, -0.2) is 12.1 Å². The van der Waals surface area contributed by atoms with E-state index in [0.717, 1.165) is 11.8 Å².